The van der Waals surface area contributed by atoms with Crippen molar-refractivity contribution in [3.8, 4) is 0 Å². The van der Waals surface area contributed by atoms with E-state index in [0.717, 1.165) is 22.4 Å². The van der Waals surface area contributed by atoms with Crippen LogP contribution in [0.1, 0.15) is 38.8 Å². The van der Waals surface area contributed by atoms with Gasteiger partial charge in [-0.15, -0.1) is 0 Å². The molecule has 7 heteroatoms. The average Bonchev–Trinajstić information content (AvgIpc) is 3.12. The number of anilines is 1. The topological polar surface area (TPSA) is 92.8 Å². The Balaban J connectivity index is 1.51. The SMILES string of the molecule is CCc1ccccc1NC(=O)COC(=O)[C@H](Cc1ccccc1)N1C(=O)c2ccccc2C1=O. The fourth-order valence-corrected chi connectivity index (χ4v) is 3.98. The number of ether oxygens (including phenoxy) is 1. The molecule has 1 N–H and O–H groups in total. The number of esters is 1. The number of nitrogens with one attached hydrogen (secondary N) is 1. The van der Waals surface area contributed by atoms with Crippen LogP contribution in [0.5, 0.6) is 0 Å². The van der Waals surface area contributed by atoms with Gasteiger partial charge in [0.2, 0.25) is 0 Å². The molecule has 0 bridgehead atoms. The van der Waals surface area contributed by atoms with Gasteiger partial charge in [0.05, 0.1) is 11.1 Å². The van der Waals surface area contributed by atoms with Crippen molar-refractivity contribution < 1.29 is 23.9 Å². The normalized spacial score (nSPS) is 13.4. The van der Waals surface area contributed by atoms with Crippen LogP contribution in [0.25, 0.3) is 0 Å². The van der Waals surface area contributed by atoms with Crippen LogP contribution in [-0.4, -0.2) is 41.2 Å². The van der Waals surface area contributed by atoms with Gasteiger partial charge >= 0.3 is 5.97 Å². The maximum atomic E-state index is 13.1. The first-order chi connectivity index (χ1) is 16.5. The van der Waals surface area contributed by atoms with Gasteiger partial charge in [0.15, 0.2) is 6.61 Å². The van der Waals surface area contributed by atoms with Crippen molar-refractivity contribution in [2.45, 2.75) is 25.8 Å². The Kier molecular flexibility index (Phi) is 6.82. The van der Waals surface area contributed by atoms with Crippen LogP contribution in [0, 0.1) is 0 Å². The predicted molar refractivity (Wildman–Crippen MR) is 126 cm³/mol. The quantitative estimate of drug-likeness (QED) is 0.413. The van der Waals surface area contributed by atoms with Gasteiger partial charge in [-0.25, -0.2) is 4.79 Å². The number of benzene rings is 3. The molecule has 3 aromatic carbocycles. The molecule has 0 saturated carbocycles. The molecule has 0 radical (unpaired) electrons. The van der Waals surface area contributed by atoms with E-state index in [1.54, 1.807) is 60.7 Å². The minimum Gasteiger partial charge on any atom is -0.454 e. The maximum absolute atomic E-state index is 13.1. The van der Waals surface area contributed by atoms with E-state index in [4.69, 9.17) is 4.74 Å². The minimum atomic E-state index is -1.20. The van der Waals surface area contributed by atoms with E-state index in [0.29, 0.717) is 5.69 Å². The Morgan fingerprint density at radius 3 is 2.09 bits per heavy atom. The Hall–Kier alpha value is -4.26. The number of hydrogen-bond acceptors (Lipinski definition) is 5. The molecule has 0 spiro atoms. The second-order valence-electron chi connectivity index (χ2n) is 7.90. The summed E-state index contributed by atoms with van der Waals surface area (Å²) in [6, 6.07) is 21.6. The number of amides is 3. The lowest BCUT2D eigenvalue weighted by molar-refractivity contribution is -0.151. The van der Waals surface area contributed by atoms with Crippen molar-refractivity contribution in [2.24, 2.45) is 0 Å². The first-order valence-electron chi connectivity index (χ1n) is 11.0. The van der Waals surface area contributed by atoms with Gasteiger partial charge < -0.3 is 10.1 Å². The molecule has 7 nitrogen and oxygen atoms in total. The molecule has 0 aliphatic carbocycles. The zero-order chi connectivity index (χ0) is 24.1. The third-order valence-electron chi connectivity index (χ3n) is 5.70. The van der Waals surface area contributed by atoms with Crippen LogP contribution < -0.4 is 5.32 Å². The van der Waals surface area contributed by atoms with E-state index in [1.807, 2.05) is 25.1 Å². The summed E-state index contributed by atoms with van der Waals surface area (Å²) >= 11 is 0. The van der Waals surface area contributed by atoms with Gasteiger partial charge in [0, 0.05) is 12.1 Å². The number of aryl methyl sites for hydroxylation is 1. The van der Waals surface area contributed by atoms with Crippen molar-refractivity contribution in [2.75, 3.05) is 11.9 Å². The minimum absolute atomic E-state index is 0.0748. The molecule has 1 aliphatic rings. The fourth-order valence-electron chi connectivity index (χ4n) is 3.98. The summed E-state index contributed by atoms with van der Waals surface area (Å²) in [4.78, 5) is 52.5. The molecule has 0 aromatic heterocycles. The van der Waals surface area contributed by atoms with Crippen LogP contribution in [0.15, 0.2) is 78.9 Å². The highest BCUT2D eigenvalue weighted by atomic mass is 16.5. The molecule has 1 heterocycles. The van der Waals surface area contributed by atoms with Crippen LogP contribution in [-0.2, 0) is 27.2 Å². The summed E-state index contributed by atoms with van der Waals surface area (Å²) in [6.45, 7) is 1.44. The van der Waals surface area contributed by atoms with Gasteiger partial charge in [-0.3, -0.25) is 19.3 Å². The fraction of sp³-hybridized carbons (Fsp3) is 0.185. The lowest BCUT2D eigenvalue weighted by Crippen LogP contribution is -2.47. The van der Waals surface area contributed by atoms with Gasteiger partial charge in [-0.05, 0) is 35.7 Å². The van der Waals surface area contributed by atoms with E-state index >= 15 is 0 Å². The first-order valence-corrected chi connectivity index (χ1v) is 11.0. The average molecular weight is 456 g/mol. The summed E-state index contributed by atoms with van der Waals surface area (Å²) in [5.41, 5.74) is 2.84. The van der Waals surface area contributed by atoms with E-state index < -0.39 is 36.3 Å². The summed E-state index contributed by atoms with van der Waals surface area (Å²) in [6.07, 6.45) is 0.806. The molecule has 3 aromatic rings. The highest BCUT2D eigenvalue weighted by molar-refractivity contribution is 6.22. The molecule has 34 heavy (non-hydrogen) atoms. The number of para-hydroxylation sites is 1. The van der Waals surface area contributed by atoms with Crippen molar-refractivity contribution in [3.63, 3.8) is 0 Å². The van der Waals surface area contributed by atoms with Crippen LogP contribution in [0.2, 0.25) is 0 Å². The van der Waals surface area contributed by atoms with E-state index in [1.165, 1.54) is 0 Å². The van der Waals surface area contributed by atoms with Crippen LogP contribution in [0.4, 0.5) is 5.69 Å². The molecule has 0 saturated heterocycles. The second-order valence-corrected chi connectivity index (χ2v) is 7.90. The monoisotopic (exact) mass is 456 g/mol. The van der Waals surface area contributed by atoms with E-state index in [2.05, 4.69) is 5.32 Å². The molecule has 0 unspecified atom stereocenters. The number of carbonyl (C=O) groups excluding carboxylic acids is 4. The van der Waals surface area contributed by atoms with Gasteiger partial charge in [-0.2, -0.15) is 0 Å². The summed E-state index contributed by atoms with van der Waals surface area (Å²) in [7, 11) is 0. The molecule has 4 rings (SSSR count). The predicted octanol–water partition coefficient (Wildman–Crippen LogP) is 3.64. The molecule has 172 valence electrons. The summed E-state index contributed by atoms with van der Waals surface area (Å²) in [5.74, 6) is -2.44. The molecule has 1 atom stereocenters. The molecular formula is C27H24N2O5. The smallest absolute Gasteiger partial charge is 0.330 e. The number of hydrogen-bond donors (Lipinski definition) is 1. The highest BCUT2D eigenvalue weighted by Gasteiger charge is 2.43. The van der Waals surface area contributed by atoms with E-state index in [9.17, 15) is 19.2 Å². The Bertz CT molecular complexity index is 1200. The Morgan fingerprint density at radius 2 is 1.44 bits per heavy atom. The van der Waals surface area contributed by atoms with Crippen molar-refractivity contribution >= 4 is 29.4 Å². The van der Waals surface area contributed by atoms with Gasteiger partial charge in [0.1, 0.15) is 6.04 Å². The lowest BCUT2D eigenvalue weighted by atomic mass is 10.0. The van der Waals surface area contributed by atoms with Crippen LogP contribution in [0.3, 0.4) is 0 Å². The molecule has 0 fully saturated rings. The number of carbonyl (C=O) groups is 4. The number of imide groups is 1. The Labute approximate surface area is 197 Å². The number of nitrogens with zero attached hydrogens (tertiary/aromatic N) is 1. The third-order valence-corrected chi connectivity index (χ3v) is 5.70. The molecule has 3 amide bonds. The van der Waals surface area contributed by atoms with Crippen molar-refractivity contribution in [1.82, 2.24) is 4.90 Å². The summed E-state index contributed by atoms with van der Waals surface area (Å²) in [5, 5.41) is 2.74. The maximum Gasteiger partial charge on any atom is 0.330 e. The van der Waals surface area contributed by atoms with Gasteiger partial charge in [-0.1, -0.05) is 67.6 Å². The van der Waals surface area contributed by atoms with E-state index in [-0.39, 0.29) is 17.5 Å². The van der Waals surface area contributed by atoms with Crippen LogP contribution >= 0.6 is 0 Å². The Morgan fingerprint density at radius 1 is 0.853 bits per heavy atom. The zero-order valence-electron chi connectivity index (χ0n) is 18.7. The summed E-state index contributed by atoms with van der Waals surface area (Å²) < 4.78 is 5.29. The number of rotatable bonds is 8. The standard InChI is InChI=1S/C27H24N2O5/c1-2-19-12-6-9-15-22(19)28-24(30)17-34-27(33)23(16-18-10-4-3-5-11-18)29-25(31)20-13-7-8-14-21(20)26(29)32/h3-15,23H,2,16-17H2,1H3,(H,28,30)/t23-/m0/s1. The highest BCUT2D eigenvalue weighted by Crippen LogP contribution is 2.26. The van der Waals surface area contributed by atoms with Crippen molar-refractivity contribution in [3.05, 3.63) is 101 Å². The number of fused-ring (bicyclic) bond motifs is 1. The first kappa shape index (κ1) is 22.9. The second kappa shape index (κ2) is 10.1. The van der Waals surface area contributed by atoms with Crippen molar-refractivity contribution in [1.29, 1.82) is 0 Å². The molecular weight excluding hydrogens is 432 g/mol. The third kappa shape index (κ3) is 4.73. The lowest BCUT2D eigenvalue weighted by Gasteiger charge is -2.24. The largest absolute Gasteiger partial charge is 0.454 e. The zero-order valence-corrected chi connectivity index (χ0v) is 18.7. The van der Waals surface area contributed by atoms with Gasteiger partial charge in [0.25, 0.3) is 17.7 Å². The molecule has 1 aliphatic heterocycles.